The first-order valence-corrected chi connectivity index (χ1v) is 13.1. The summed E-state index contributed by atoms with van der Waals surface area (Å²) in [5, 5.41) is 15.9. The van der Waals surface area contributed by atoms with Gasteiger partial charge in [-0.05, 0) is 47.7 Å². The van der Waals surface area contributed by atoms with Crippen LogP contribution in [0.2, 0.25) is 0 Å². The maximum atomic E-state index is 13.7. The van der Waals surface area contributed by atoms with Gasteiger partial charge in [-0.3, -0.25) is 9.59 Å². The quantitative estimate of drug-likeness (QED) is 0.251. The lowest BCUT2D eigenvalue weighted by Crippen LogP contribution is -2.36. The molecule has 2 amide bonds. The van der Waals surface area contributed by atoms with Gasteiger partial charge in [0.1, 0.15) is 0 Å². The zero-order chi connectivity index (χ0) is 28.1. The Balaban J connectivity index is 1.79. The molecule has 0 spiro atoms. The van der Waals surface area contributed by atoms with Crippen molar-refractivity contribution in [1.82, 2.24) is 15.2 Å². The molecule has 0 bridgehead atoms. The molecule has 8 heteroatoms. The predicted octanol–water partition coefficient (Wildman–Crippen LogP) is 5.52. The van der Waals surface area contributed by atoms with E-state index in [1.807, 2.05) is 51.1 Å². The largest absolute Gasteiger partial charge is 0.394 e. The van der Waals surface area contributed by atoms with Crippen LogP contribution in [0.25, 0.3) is 10.9 Å². The van der Waals surface area contributed by atoms with Crippen LogP contribution in [-0.2, 0) is 13.1 Å². The molecule has 1 atom stereocenters. The summed E-state index contributed by atoms with van der Waals surface area (Å²) in [5.74, 6) is -2.60. The van der Waals surface area contributed by atoms with Crippen molar-refractivity contribution in [2.75, 3.05) is 6.61 Å². The van der Waals surface area contributed by atoms with Gasteiger partial charge in [0, 0.05) is 29.7 Å². The third-order valence-corrected chi connectivity index (χ3v) is 6.81. The van der Waals surface area contributed by atoms with Crippen molar-refractivity contribution >= 4 is 22.7 Å². The number of fused-ring (bicyclic) bond motifs is 1. The highest BCUT2D eigenvalue weighted by Crippen LogP contribution is 2.33. The van der Waals surface area contributed by atoms with E-state index in [2.05, 4.69) is 15.2 Å². The second-order valence-electron chi connectivity index (χ2n) is 9.91. The number of amides is 2. The fourth-order valence-corrected chi connectivity index (χ4v) is 4.75. The molecule has 0 fully saturated rings. The summed E-state index contributed by atoms with van der Waals surface area (Å²) in [7, 11) is 0. The van der Waals surface area contributed by atoms with E-state index < -0.39 is 11.6 Å². The monoisotopic (exact) mass is 533 g/mol. The van der Waals surface area contributed by atoms with Crippen LogP contribution in [0.4, 0.5) is 8.78 Å². The summed E-state index contributed by atoms with van der Waals surface area (Å²) in [6.45, 7) is 6.24. The molecule has 39 heavy (non-hydrogen) atoms. The molecule has 0 saturated carbocycles. The first-order chi connectivity index (χ1) is 18.7. The summed E-state index contributed by atoms with van der Waals surface area (Å²) in [6, 6.07) is 18.2. The molecule has 0 aliphatic rings. The van der Waals surface area contributed by atoms with Gasteiger partial charge in [0.05, 0.1) is 23.7 Å². The topological polar surface area (TPSA) is 83.4 Å². The molecule has 3 N–H and O–H groups in total. The normalized spacial score (nSPS) is 12.1. The van der Waals surface area contributed by atoms with Gasteiger partial charge >= 0.3 is 0 Å². The fourth-order valence-electron chi connectivity index (χ4n) is 4.75. The highest BCUT2D eigenvalue weighted by atomic mass is 19.2. The van der Waals surface area contributed by atoms with Crippen LogP contribution in [0.3, 0.4) is 0 Å². The van der Waals surface area contributed by atoms with Crippen molar-refractivity contribution in [2.24, 2.45) is 0 Å². The van der Waals surface area contributed by atoms with E-state index >= 15 is 0 Å². The molecule has 4 aromatic rings. The average molecular weight is 534 g/mol. The second kappa shape index (κ2) is 12.2. The number of aliphatic hydroxyl groups excluding tert-OH is 1. The molecule has 0 aliphatic carbocycles. The van der Waals surface area contributed by atoms with Crippen molar-refractivity contribution in [1.29, 1.82) is 0 Å². The van der Waals surface area contributed by atoms with E-state index in [0.717, 1.165) is 28.9 Å². The number of nitrogens with zero attached hydrogens (tertiary/aromatic N) is 1. The lowest BCUT2D eigenvalue weighted by atomic mass is 10.0. The van der Waals surface area contributed by atoms with Crippen LogP contribution < -0.4 is 10.6 Å². The van der Waals surface area contributed by atoms with Crippen molar-refractivity contribution in [2.45, 2.75) is 52.2 Å². The molecule has 0 radical (unpaired) electrons. The lowest BCUT2D eigenvalue weighted by molar-refractivity contribution is 0.0913. The Morgan fingerprint density at radius 2 is 1.67 bits per heavy atom. The minimum Gasteiger partial charge on any atom is -0.394 e. The van der Waals surface area contributed by atoms with Gasteiger partial charge < -0.3 is 20.3 Å². The maximum Gasteiger partial charge on any atom is 0.254 e. The second-order valence-corrected chi connectivity index (χ2v) is 9.91. The Bertz CT molecular complexity index is 1480. The Morgan fingerprint density at radius 3 is 2.31 bits per heavy atom. The molecular formula is C31H33F2N3O3. The van der Waals surface area contributed by atoms with Crippen molar-refractivity contribution in [3.05, 3.63) is 106 Å². The maximum absolute atomic E-state index is 13.7. The number of hydrogen-bond acceptors (Lipinski definition) is 3. The van der Waals surface area contributed by atoms with Gasteiger partial charge in [0.25, 0.3) is 11.8 Å². The van der Waals surface area contributed by atoms with Gasteiger partial charge in [0.2, 0.25) is 0 Å². The Hall–Kier alpha value is -4.04. The Morgan fingerprint density at radius 1 is 0.923 bits per heavy atom. The molecular weight excluding hydrogens is 500 g/mol. The summed E-state index contributed by atoms with van der Waals surface area (Å²) >= 11 is 0. The molecule has 0 aliphatic heterocycles. The predicted molar refractivity (Wildman–Crippen MR) is 148 cm³/mol. The molecule has 1 aromatic heterocycles. The van der Waals surface area contributed by atoms with E-state index in [1.165, 1.54) is 6.07 Å². The van der Waals surface area contributed by atoms with E-state index in [1.54, 1.807) is 18.2 Å². The summed E-state index contributed by atoms with van der Waals surface area (Å²) < 4.78 is 29.1. The molecule has 0 saturated heterocycles. The molecule has 3 aromatic carbocycles. The minimum atomic E-state index is -0.971. The lowest BCUT2D eigenvalue weighted by Gasteiger charge is -2.16. The number of aromatic nitrogens is 1. The van der Waals surface area contributed by atoms with E-state index in [0.29, 0.717) is 35.0 Å². The number of carbonyl (C=O) groups excluding carboxylic acids is 2. The number of hydrogen-bond donors (Lipinski definition) is 3. The highest BCUT2D eigenvalue weighted by molar-refractivity contribution is 6.10. The third kappa shape index (κ3) is 6.17. The van der Waals surface area contributed by atoms with E-state index in [-0.39, 0.29) is 36.9 Å². The molecule has 1 heterocycles. The molecule has 204 valence electrons. The van der Waals surface area contributed by atoms with E-state index in [9.17, 15) is 23.5 Å². The third-order valence-electron chi connectivity index (χ3n) is 6.81. The van der Waals surface area contributed by atoms with Crippen molar-refractivity contribution < 1.29 is 23.5 Å². The van der Waals surface area contributed by atoms with Crippen molar-refractivity contribution in [3.63, 3.8) is 0 Å². The van der Waals surface area contributed by atoms with Crippen LogP contribution in [-0.4, -0.2) is 34.1 Å². The first kappa shape index (κ1) is 28.0. The van der Waals surface area contributed by atoms with Crippen LogP contribution in [0.1, 0.15) is 70.6 Å². The van der Waals surface area contributed by atoms with Gasteiger partial charge in [-0.25, -0.2) is 8.78 Å². The van der Waals surface area contributed by atoms with Crippen LogP contribution in [0.15, 0.2) is 66.7 Å². The van der Waals surface area contributed by atoms with Gasteiger partial charge in [0.15, 0.2) is 11.6 Å². The Labute approximate surface area is 226 Å². The van der Waals surface area contributed by atoms with Gasteiger partial charge in [-0.1, -0.05) is 63.2 Å². The first-order valence-electron chi connectivity index (χ1n) is 13.1. The number of nitrogens with one attached hydrogen (secondary N) is 2. The molecule has 1 unspecified atom stereocenters. The fraction of sp³-hybridized carbons (Fsp3) is 0.290. The zero-order valence-corrected chi connectivity index (χ0v) is 22.3. The number of aliphatic hydroxyl groups is 1. The number of benzene rings is 3. The van der Waals surface area contributed by atoms with E-state index in [4.69, 9.17) is 0 Å². The number of rotatable bonds is 10. The van der Waals surface area contributed by atoms with Crippen molar-refractivity contribution in [3.8, 4) is 0 Å². The van der Waals surface area contributed by atoms with Gasteiger partial charge in [-0.2, -0.15) is 0 Å². The molecule has 4 rings (SSSR count). The Kier molecular flexibility index (Phi) is 8.76. The summed E-state index contributed by atoms with van der Waals surface area (Å²) in [4.78, 5) is 26.6. The van der Waals surface area contributed by atoms with Crippen LogP contribution in [0, 0.1) is 11.6 Å². The average Bonchev–Trinajstić information content (AvgIpc) is 3.26. The number of halogens is 2. The minimum absolute atomic E-state index is 0.0268. The molecule has 6 nitrogen and oxygen atoms in total. The summed E-state index contributed by atoms with van der Waals surface area (Å²) in [5.41, 5.74) is 3.90. The van der Waals surface area contributed by atoms with Crippen LogP contribution >= 0.6 is 0 Å². The standard InChI is InChI=1S/C31H33F2N3O3/c1-4-23(18-37)35-30(38)22-11-12-24-27(15-22)36(17-20-8-6-5-7-9-20)29(19(2)3)28(24)31(39)34-16-21-10-13-25(32)26(33)14-21/h5-15,19,23,37H,4,16-18H2,1-3H3,(H,34,39)(H,35,38). The zero-order valence-electron chi connectivity index (χ0n) is 22.3. The SMILES string of the molecule is CCC(CO)NC(=O)c1ccc2c(C(=O)NCc3ccc(F)c(F)c3)c(C(C)C)n(Cc3ccccc3)c2c1. The van der Waals surface area contributed by atoms with Crippen LogP contribution in [0.5, 0.6) is 0 Å². The highest BCUT2D eigenvalue weighted by Gasteiger charge is 2.26. The number of carbonyl (C=O) groups is 2. The smallest absolute Gasteiger partial charge is 0.254 e. The summed E-state index contributed by atoms with van der Waals surface area (Å²) in [6.07, 6.45) is 0.592. The van der Waals surface area contributed by atoms with Gasteiger partial charge in [-0.15, -0.1) is 0 Å².